The number of aromatic hydroxyl groups is 1. The number of rotatable bonds is 3. The first kappa shape index (κ1) is 17.8. The fraction of sp³-hybridized carbons (Fsp3) is 0.190. The summed E-state index contributed by atoms with van der Waals surface area (Å²) in [4.78, 5) is 24.8. The van der Waals surface area contributed by atoms with E-state index in [0.29, 0.717) is 12.1 Å². The summed E-state index contributed by atoms with van der Waals surface area (Å²) in [7, 11) is 2.83. The molecule has 0 aliphatic carbocycles. The van der Waals surface area contributed by atoms with Crippen LogP contribution in [0.3, 0.4) is 0 Å². The molecule has 0 bridgehead atoms. The molecule has 28 heavy (non-hydrogen) atoms. The first-order chi connectivity index (χ1) is 13.5. The van der Waals surface area contributed by atoms with Gasteiger partial charge in [0.05, 0.1) is 17.4 Å². The van der Waals surface area contributed by atoms with Crippen LogP contribution in [0.2, 0.25) is 0 Å². The molecule has 0 unspecified atom stereocenters. The van der Waals surface area contributed by atoms with Gasteiger partial charge in [0.25, 0.3) is 5.56 Å². The number of para-hydroxylation sites is 1. The zero-order valence-electron chi connectivity index (χ0n) is 15.6. The number of anilines is 1. The van der Waals surface area contributed by atoms with Crippen LogP contribution in [0, 0.1) is 0 Å². The van der Waals surface area contributed by atoms with Gasteiger partial charge in [0.2, 0.25) is 5.88 Å². The molecule has 2 aromatic carbocycles. The van der Waals surface area contributed by atoms with E-state index in [1.54, 1.807) is 0 Å². The molecule has 0 amide bonds. The number of aromatic nitrogens is 2. The number of hydrazone groups is 1. The lowest BCUT2D eigenvalue weighted by molar-refractivity contribution is 0.410. The van der Waals surface area contributed by atoms with Crippen LogP contribution in [0.25, 0.3) is 0 Å². The minimum absolute atomic E-state index is 0.0592. The van der Waals surface area contributed by atoms with E-state index >= 15 is 0 Å². The second-order valence-corrected chi connectivity index (χ2v) is 6.76. The molecule has 1 aliphatic heterocycles. The summed E-state index contributed by atoms with van der Waals surface area (Å²) in [5.41, 5.74) is 1.31. The normalized spacial score (nSPS) is 16.3. The summed E-state index contributed by atoms with van der Waals surface area (Å²) in [6.07, 6.45) is 0.430. The number of nitrogens with zero attached hydrogens (tertiary/aromatic N) is 4. The van der Waals surface area contributed by atoms with Crippen LogP contribution in [0.1, 0.15) is 23.6 Å². The second-order valence-electron chi connectivity index (χ2n) is 6.76. The van der Waals surface area contributed by atoms with Gasteiger partial charge in [0, 0.05) is 20.5 Å². The van der Waals surface area contributed by atoms with Crippen LogP contribution in [0.15, 0.2) is 75.4 Å². The molecule has 1 N–H and O–H groups in total. The van der Waals surface area contributed by atoms with Gasteiger partial charge in [-0.25, -0.2) is 4.79 Å². The van der Waals surface area contributed by atoms with Crippen molar-refractivity contribution in [3.63, 3.8) is 0 Å². The molecule has 3 aromatic rings. The van der Waals surface area contributed by atoms with E-state index < -0.39 is 11.2 Å². The highest BCUT2D eigenvalue weighted by atomic mass is 16.3. The third-order valence-corrected chi connectivity index (χ3v) is 5.04. The summed E-state index contributed by atoms with van der Waals surface area (Å²) in [6.45, 7) is 0. The van der Waals surface area contributed by atoms with Crippen LogP contribution in [0.5, 0.6) is 5.88 Å². The molecule has 0 fully saturated rings. The Bertz CT molecular complexity index is 1160. The molecule has 0 saturated carbocycles. The Labute approximate surface area is 161 Å². The lowest BCUT2D eigenvalue weighted by Gasteiger charge is -2.23. The predicted molar refractivity (Wildman–Crippen MR) is 108 cm³/mol. The molecule has 1 aliphatic rings. The second kappa shape index (κ2) is 6.84. The van der Waals surface area contributed by atoms with Crippen molar-refractivity contribution in [1.29, 1.82) is 0 Å². The van der Waals surface area contributed by atoms with Crippen LogP contribution in [-0.4, -0.2) is 20.0 Å². The fourth-order valence-electron chi connectivity index (χ4n) is 3.50. The average Bonchev–Trinajstić information content (AvgIpc) is 3.17. The Hall–Kier alpha value is -3.61. The van der Waals surface area contributed by atoms with Crippen molar-refractivity contribution < 1.29 is 5.11 Å². The van der Waals surface area contributed by atoms with Gasteiger partial charge in [-0.3, -0.25) is 18.9 Å². The first-order valence-electron chi connectivity index (χ1n) is 8.95. The average molecular weight is 376 g/mol. The smallest absolute Gasteiger partial charge is 0.333 e. The molecule has 4 rings (SSSR count). The zero-order valence-corrected chi connectivity index (χ0v) is 15.6. The standard InChI is InChI=1S/C21H20N4O3/c1-23-19(26)18(20(27)24(2)21(23)28)16-13-17(14-9-5-3-6-10-14)25(22-16)15-11-7-4-8-12-15/h3-12,17,26H,13H2,1-2H3/t17-/m1/s1. The highest BCUT2D eigenvalue weighted by Gasteiger charge is 2.33. The number of hydrogen-bond donors (Lipinski definition) is 1. The molecular weight excluding hydrogens is 356 g/mol. The molecule has 7 nitrogen and oxygen atoms in total. The van der Waals surface area contributed by atoms with E-state index in [0.717, 1.165) is 20.4 Å². The highest BCUT2D eigenvalue weighted by molar-refractivity contribution is 6.04. The van der Waals surface area contributed by atoms with Gasteiger partial charge in [0.15, 0.2) is 0 Å². The molecule has 0 radical (unpaired) electrons. The van der Waals surface area contributed by atoms with E-state index in [1.807, 2.05) is 65.7 Å². The highest BCUT2D eigenvalue weighted by Crippen LogP contribution is 2.36. The van der Waals surface area contributed by atoms with Crippen molar-refractivity contribution in [2.24, 2.45) is 19.2 Å². The molecule has 1 atom stereocenters. The summed E-state index contributed by atoms with van der Waals surface area (Å²) < 4.78 is 2.04. The van der Waals surface area contributed by atoms with Crippen LogP contribution in [0.4, 0.5) is 5.69 Å². The summed E-state index contributed by atoms with van der Waals surface area (Å²) in [6, 6.07) is 19.4. The maximum Gasteiger partial charge on any atom is 0.333 e. The SMILES string of the molecule is Cn1c(O)c(C2=NN(c3ccccc3)[C@@H](c3ccccc3)C2)c(=O)n(C)c1=O. The quantitative estimate of drug-likeness (QED) is 0.760. The van der Waals surface area contributed by atoms with Crippen molar-refractivity contribution in [2.45, 2.75) is 12.5 Å². The Morgan fingerprint density at radius 2 is 1.54 bits per heavy atom. The molecule has 7 heteroatoms. The molecule has 142 valence electrons. The molecule has 0 spiro atoms. The van der Waals surface area contributed by atoms with Gasteiger partial charge in [-0.05, 0) is 17.7 Å². The molecule has 1 aromatic heterocycles. The van der Waals surface area contributed by atoms with Crippen LogP contribution in [-0.2, 0) is 14.1 Å². The Morgan fingerprint density at radius 3 is 2.18 bits per heavy atom. The summed E-state index contributed by atoms with van der Waals surface area (Å²) in [5, 5.41) is 17.0. The third-order valence-electron chi connectivity index (χ3n) is 5.04. The Balaban J connectivity index is 1.88. The van der Waals surface area contributed by atoms with Crippen molar-refractivity contribution in [2.75, 3.05) is 5.01 Å². The summed E-state index contributed by atoms with van der Waals surface area (Å²) >= 11 is 0. The minimum Gasteiger partial charge on any atom is -0.494 e. The van der Waals surface area contributed by atoms with E-state index in [9.17, 15) is 14.7 Å². The van der Waals surface area contributed by atoms with Crippen molar-refractivity contribution >= 4 is 11.4 Å². The fourth-order valence-corrected chi connectivity index (χ4v) is 3.50. The van der Waals surface area contributed by atoms with Gasteiger partial charge < -0.3 is 5.11 Å². The number of benzene rings is 2. The lowest BCUT2D eigenvalue weighted by atomic mass is 9.99. The van der Waals surface area contributed by atoms with Crippen molar-refractivity contribution in [3.05, 3.63) is 92.6 Å². The van der Waals surface area contributed by atoms with Gasteiger partial charge in [0.1, 0.15) is 5.56 Å². The maximum absolute atomic E-state index is 12.7. The van der Waals surface area contributed by atoms with Gasteiger partial charge >= 0.3 is 5.69 Å². The Kier molecular flexibility index (Phi) is 4.35. The zero-order chi connectivity index (χ0) is 19.8. The molecule has 2 heterocycles. The predicted octanol–water partition coefficient (Wildman–Crippen LogP) is 2.15. The van der Waals surface area contributed by atoms with E-state index in [-0.39, 0.29) is 17.5 Å². The van der Waals surface area contributed by atoms with E-state index in [1.165, 1.54) is 14.1 Å². The number of hydrogen-bond acceptors (Lipinski definition) is 5. The van der Waals surface area contributed by atoms with Crippen LogP contribution < -0.4 is 16.3 Å². The maximum atomic E-state index is 12.7. The summed E-state index contributed by atoms with van der Waals surface area (Å²) in [5.74, 6) is -0.367. The molecule has 0 saturated heterocycles. The topological polar surface area (TPSA) is 79.8 Å². The van der Waals surface area contributed by atoms with Gasteiger partial charge in [-0.15, -0.1) is 0 Å². The van der Waals surface area contributed by atoms with E-state index in [4.69, 9.17) is 0 Å². The van der Waals surface area contributed by atoms with Crippen LogP contribution >= 0.6 is 0 Å². The van der Waals surface area contributed by atoms with Gasteiger partial charge in [-0.1, -0.05) is 48.5 Å². The largest absolute Gasteiger partial charge is 0.494 e. The van der Waals surface area contributed by atoms with Crippen molar-refractivity contribution in [1.82, 2.24) is 9.13 Å². The lowest BCUT2D eigenvalue weighted by Crippen LogP contribution is -2.39. The third kappa shape index (κ3) is 2.81. The van der Waals surface area contributed by atoms with Gasteiger partial charge in [-0.2, -0.15) is 5.10 Å². The Morgan fingerprint density at radius 1 is 0.929 bits per heavy atom. The molecular formula is C21H20N4O3. The van der Waals surface area contributed by atoms with E-state index in [2.05, 4.69) is 5.10 Å². The van der Waals surface area contributed by atoms with Crippen molar-refractivity contribution in [3.8, 4) is 5.88 Å². The first-order valence-corrected chi connectivity index (χ1v) is 8.95. The monoisotopic (exact) mass is 376 g/mol. The minimum atomic E-state index is -0.579.